The second-order valence-electron chi connectivity index (χ2n) is 5.16. The molecule has 0 aliphatic rings. The summed E-state index contributed by atoms with van der Waals surface area (Å²) < 4.78 is 24.0. The Morgan fingerprint density at radius 1 is 1.18 bits per heavy atom. The van der Waals surface area contributed by atoms with Gasteiger partial charge in [-0.25, -0.2) is 8.42 Å². The van der Waals surface area contributed by atoms with Crippen LogP contribution in [0.5, 0.6) is 0 Å². The molecule has 0 fully saturated rings. The molecule has 0 aliphatic carbocycles. The summed E-state index contributed by atoms with van der Waals surface area (Å²) in [7, 11) is -3.31. The van der Waals surface area contributed by atoms with Crippen LogP contribution in [0, 0.1) is 0 Å². The molecule has 2 aromatic rings. The minimum Gasteiger partial charge on any atom is -0.348 e. The maximum absolute atomic E-state index is 12.0. The van der Waals surface area contributed by atoms with Crippen molar-refractivity contribution in [2.24, 2.45) is 0 Å². The number of carbonyl (C=O) groups is 1. The third kappa shape index (κ3) is 3.71. The van der Waals surface area contributed by atoms with Crippen LogP contribution in [0.3, 0.4) is 0 Å². The first-order chi connectivity index (χ1) is 10.4. The van der Waals surface area contributed by atoms with Gasteiger partial charge in [-0.05, 0) is 49.7 Å². The largest absolute Gasteiger partial charge is 0.348 e. The summed E-state index contributed by atoms with van der Waals surface area (Å²) in [6.45, 7) is 3.63. The summed E-state index contributed by atoms with van der Waals surface area (Å²) in [6.07, 6.45) is 3.35. The molecule has 6 heteroatoms. The number of aromatic nitrogens is 1. The second kappa shape index (κ2) is 6.70. The van der Waals surface area contributed by atoms with E-state index in [0.29, 0.717) is 12.1 Å². The fourth-order valence-corrected chi connectivity index (χ4v) is 2.92. The molecule has 1 aromatic carbocycles. The van der Waals surface area contributed by atoms with Crippen molar-refractivity contribution in [3.05, 3.63) is 59.9 Å². The first-order valence-corrected chi connectivity index (χ1v) is 8.47. The van der Waals surface area contributed by atoms with Crippen molar-refractivity contribution in [3.8, 4) is 0 Å². The molecule has 1 amide bonds. The van der Waals surface area contributed by atoms with Gasteiger partial charge >= 0.3 is 0 Å². The molecule has 116 valence electrons. The van der Waals surface area contributed by atoms with Crippen LogP contribution in [-0.2, 0) is 16.4 Å². The molecule has 0 radical (unpaired) electrons. The molecule has 5 nitrogen and oxygen atoms in total. The third-order valence-corrected chi connectivity index (χ3v) is 5.41. The fraction of sp³-hybridized carbons (Fsp3) is 0.250. The zero-order valence-corrected chi connectivity index (χ0v) is 13.3. The van der Waals surface area contributed by atoms with Crippen LogP contribution < -0.4 is 5.32 Å². The molecule has 0 saturated carbocycles. The second-order valence-corrected chi connectivity index (χ2v) is 7.67. The van der Waals surface area contributed by atoms with E-state index in [2.05, 4.69) is 10.3 Å². The van der Waals surface area contributed by atoms with Crippen molar-refractivity contribution in [3.63, 3.8) is 0 Å². The predicted octanol–water partition coefficient (Wildman–Crippen LogP) is 2.19. The normalized spacial score (nSPS) is 11.4. The van der Waals surface area contributed by atoms with Crippen LogP contribution in [0.4, 0.5) is 0 Å². The first-order valence-electron chi connectivity index (χ1n) is 6.92. The summed E-state index contributed by atoms with van der Waals surface area (Å²) in [5.74, 6) is -0.252. The topological polar surface area (TPSA) is 76.1 Å². The highest BCUT2D eigenvalue weighted by Crippen LogP contribution is 2.16. The monoisotopic (exact) mass is 318 g/mol. The lowest BCUT2D eigenvalue weighted by Crippen LogP contribution is -2.23. The molecule has 22 heavy (non-hydrogen) atoms. The van der Waals surface area contributed by atoms with Crippen molar-refractivity contribution < 1.29 is 13.2 Å². The maximum Gasteiger partial charge on any atom is 0.251 e. The van der Waals surface area contributed by atoms with E-state index in [1.807, 2.05) is 6.07 Å². The van der Waals surface area contributed by atoms with Gasteiger partial charge in [0.15, 0.2) is 9.84 Å². The molecule has 0 saturated heterocycles. The van der Waals surface area contributed by atoms with Crippen molar-refractivity contribution >= 4 is 15.7 Å². The summed E-state index contributed by atoms with van der Waals surface area (Å²) in [6, 6.07) is 9.64. The number of pyridine rings is 1. The van der Waals surface area contributed by atoms with E-state index >= 15 is 0 Å². The lowest BCUT2D eigenvalue weighted by molar-refractivity contribution is 0.0951. The highest BCUT2D eigenvalue weighted by molar-refractivity contribution is 7.92. The Bertz CT molecular complexity index is 739. The quantitative estimate of drug-likeness (QED) is 0.917. The van der Waals surface area contributed by atoms with E-state index in [9.17, 15) is 13.2 Å². The number of carbonyl (C=O) groups excluding carboxylic acids is 1. The molecule has 2 rings (SSSR count). The number of hydrogen-bond donors (Lipinski definition) is 1. The Morgan fingerprint density at radius 3 is 2.41 bits per heavy atom. The Labute approximate surface area is 130 Å². The van der Waals surface area contributed by atoms with E-state index in [1.54, 1.807) is 32.3 Å². The van der Waals surface area contributed by atoms with E-state index in [-0.39, 0.29) is 10.8 Å². The van der Waals surface area contributed by atoms with Crippen molar-refractivity contribution in [2.45, 2.75) is 30.5 Å². The molecule has 0 atom stereocenters. The Kier molecular flexibility index (Phi) is 4.92. The number of benzene rings is 1. The number of nitrogens with zero attached hydrogens (tertiary/aromatic N) is 1. The molecular weight excluding hydrogens is 300 g/mol. The van der Waals surface area contributed by atoms with Crippen LogP contribution in [0.2, 0.25) is 0 Å². The van der Waals surface area contributed by atoms with Gasteiger partial charge in [0.05, 0.1) is 10.1 Å². The van der Waals surface area contributed by atoms with Gasteiger partial charge in [-0.1, -0.05) is 6.07 Å². The number of amides is 1. The summed E-state index contributed by atoms with van der Waals surface area (Å²) in [5.41, 5.74) is 1.32. The fourth-order valence-electron chi connectivity index (χ4n) is 1.86. The standard InChI is InChI=1S/C16H18N2O3S/c1-12(2)22(20,21)15-7-5-14(6-8-15)16(19)18-11-13-4-3-9-17-10-13/h3-10,12H,11H2,1-2H3,(H,18,19). The van der Waals surface area contributed by atoms with Gasteiger partial charge in [0.2, 0.25) is 0 Å². The molecule has 0 aliphatic heterocycles. The Hall–Kier alpha value is -2.21. The molecule has 1 N–H and O–H groups in total. The van der Waals surface area contributed by atoms with Gasteiger partial charge in [0, 0.05) is 24.5 Å². The highest BCUT2D eigenvalue weighted by atomic mass is 32.2. The van der Waals surface area contributed by atoms with Crippen molar-refractivity contribution in [2.75, 3.05) is 0 Å². The zero-order chi connectivity index (χ0) is 16.2. The molecule has 0 spiro atoms. The summed E-state index contributed by atoms with van der Waals surface area (Å²) >= 11 is 0. The van der Waals surface area contributed by atoms with Crippen molar-refractivity contribution in [1.29, 1.82) is 0 Å². The van der Waals surface area contributed by atoms with Gasteiger partial charge in [-0.3, -0.25) is 9.78 Å². The number of sulfone groups is 1. The molecular formula is C16H18N2O3S. The number of nitrogens with one attached hydrogen (secondary N) is 1. The summed E-state index contributed by atoms with van der Waals surface area (Å²) in [4.78, 5) is 16.2. The Morgan fingerprint density at radius 2 is 1.86 bits per heavy atom. The minimum absolute atomic E-state index is 0.228. The maximum atomic E-state index is 12.0. The van der Waals surface area contributed by atoms with Gasteiger partial charge in [-0.2, -0.15) is 0 Å². The van der Waals surface area contributed by atoms with Gasteiger partial charge in [0.1, 0.15) is 0 Å². The van der Waals surface area contributed by atoms with E-state index in [1.165, 1.54) is 24.3 Å². The number of hydrogen-bond acceptors (Lipinski definition) is 4. The minimum atomic E-state index is -3.31. The predicted molar refractivity (Wildman–Crippen MR) is 84.2 cm³/mol. The molecule has 0 unspecified atom stereocenters. The van der Waals surface area contributed by atoms with Crippen molar-refractivity contribution in [1.82, 2.24) is 10.3 Å². The lowest BCUT2D eigenvalue weighted by atomic mass is 10.2. The lowest BCUT2D eigenvalue weighted by Gasteiger charge is -2.09. The van der Waals surface area contributed by atoms with E-state index in [4.69, 9.17) is 0 Å². The zero-order valence-electron chi connectivity index (χ0n) is 12.5. The van der Waals surface area contributed by atoms with Gasteiger partial charge in [-0.15, -0.1) is 0 Å². The van der Waals surface area contributed by atoms with E-state index < -0.39 is 15.1 Å². The molecule has 1 heterocycles. The van der Waals surface area contributed by atoms with Gasteiger partial charge < -0.3 is 5.32 Å². The third-order valence-electron chi connectivity index (χ3n) is 3.24. The van der Waals surface area contributed by atoms with E-state index in [0.717, 1.165) is 5.56 Å². The summed E-state index contributed by atoms with van der Waals surface area (Å²) in [5, 5.41) is 2.28. The van der Waals surface area contributed by atoms with Crippen LogP contribution in [0.15, 0.2) is 53.7 Å². The van der Waals surface area contributed by atoms with Gasteiger partial charge in [0.25, 0.3) is 5.91 Å². The van der Waals surface area contributed by atoms with Crippen LogP contribution in [-0.4, -0.2) is 24.6 Å². The number of rotatable bonds is 5. The smallest absolute Gasteiger partial charge is 0.251 e. The molecule has 0 bridgehead atoms. The Balaban J connectivity index is 2.06. The van der Waals surface area contributed by atoms with Crippen LogP contribution in [0.1, 0.15) is 29.8 Å². The first kappa shape index (κ1) is 16.2. The van der Waals surface area contributed by atoms with Crippen LogP contribution in [0.25, 0.3) is 0 Å². The average Bonchev–Trinajstić information content (AvgIpc) is 2.53. The SMILES string of the molecule is CC(C)S(=O)(=O)c1ccc(C(=O)NCc2cccnc2)cc1. The highest BCUT2D eigenvalue weighted by Gasteiger charge is 2.19. The average molecular weight is 318 g/mol. The molecule has 1 aromatic heterocycles. The van der Waals surface area contributed by atoms with Crippen LogP contribution >= 0.6 is 0 Å².